The third kappa shape index (κ3) is 2.17. The zero-order chi connectivity index (χ0) is 12.4. The minimum absolute atomic E-state index is 0.0289. The summed E-state index contributed by atoms with van der Waals surface area (Å²) in [5.41, 5.74) is 11.4. The van der Waals surface area contributed by atoms with Crippen molar-refractivity contribution in [3.8, 4) is 0 Å². The maximum absolute atomic E-state index is 11.0. The lowest BCUT2D eigenvalue weighted by atomic mass is 10.0. The van der Waals surface area contributed by atoms with Gasteiger partial charge < -0.3 is 16.6 Å². The van der Waals surface area contributed by atoms with E-state index in [1.165, 1.54) is 0 Å². The number of fused-ring (bicyclic) bond motifs is 1. The number of hydrogen-bond acceptors (Lipinski definition) is 2. The van der Waals surface area contributed by atoms with Crippen LogP contribution in [0.4, 0.5) is 5.69 Å². The van der Waals surface area contributed by atoms with Gasteiger partial charge in [-0.25, -0.2) is 9.79 Å². The van der Waals surface area contributed by atoms with Gasteiger partial charge in [-0.3, -0.25) is 0 Å². The van der Waals surface area contributed by atoms with Crippen LogP contribution in [0.5, 0.6) is 0 Å². The fourth-order valence-electron chi connectivity index (χ4n) is 1.68. The molecule has 5 heteroatoms. The van der Waals surface area contributed by atoms with Gasteiger partial charge in [-0.15, -0.1) is 0 Å². The fraction of sp³-hybridized carbons (Fsp3) is 0. The number of guanidine groups is 1. The molecule has 0 fully saturated rings. The lowest BCUT2D eigenvalue weighted by Gasteiger charge is -2.03. The molecule has 0 heterocycles. The van der Waals surface area contributed by atoms with Crippen molar-refractivity contribution in [1.82, 2.24) is 0 Å². The molecule has 86 valence electrons. The molecule has 0 bridgehead atoms. The van der Waals surface area contributed by atoms with Gasteiger partial charge in [-0.1, -0.05) is 18.2 Å². The van der Waals surface area contributed by atoms with Gasteiger partial charge in [0.2, 0.25) is 0 Å². The van der Waals surface area contributed by atoms with Crippen LogP contribution in [0, 0.1) is 0 Å². The SMILES string of the molecule is NC(N)=Nc1ccc2c(C(=O)O)cccc2c1. The molecule has 0 aromatic heterocycles. The number of carboxylic acid groups (broad SMARTS) is 1. The van der Waals surface area contributed by atoms with Crippen LogP contribution in [0.15, 0.2) is 41.4 Å². The van der Waals surface area contributed by atoms with Crippen LogP contribution in [-0.4, -0.2) is 17.0 Å². The number of nitrogens with zero attached hydrogens (tertiary/aromatic N) is 1. The van der Waals surface area contributed by atoms with Gasteiger partial charge in [-0.2, -0.15) is 0 Å². The Bertz CT molecular complexity index is 616. The molecule has 2 aromatic carbocycles. The van der Waals surface area contributed by atoms with Gasteiger partial charge in [-0.05, 0) is 29.0 Å². The van der Waals surface area contributed by atoms with E-state index in [0.717, 1.165) is 5.39 Å². The maximum Gasteiger partial charge on any atom is 0.336 e. The smallest absolute Gasteiger partial charge is 0.336 e. The number of benzene rings is 2. The second-order valence-electron chi connectivity index (χ2n) is 3.55. The van der Waals surface area contributed by atoms with Crippen molar-refractivity contribution in [2.75, 3.05) is 0 Å². The van der Waals surface area contributed by atoms with E-state index in [1.807, 2.05) is 6.07 Å². The van der Waals surface area contributed by atoms with E-state index in [9.17, 15) is 4.79 Å². The molecule has 0 saturated carbocycles. The molecule has 17 heavy (non-hydrogen) atoms. The minimum atomic E-state index is -0.954. The van der Waals surface area contributed by atoms with Crippen LogP contribution in [0.2, 0.25) is 0 Å². The maximum atomic E-state index is 11.0. The Balaban J connectivity index is 2.65. The summed E-state index contributed by atoms with van der Waals surface area (Å²) in [7, 11) is 0. The highest BCUT2D eigenvalue weighted by Crippen LogP contribution is 2.24. The van der Waals surface area contributed by atoms with Crippen molar-refractivity contribution in [3.05, 3.63) is 42.0 Å². The van der Waals surface area contributed by atoms with Gasteiger partial charge in [0.15, 0.2) is 5.96 Å². The highest BCUT2D eigenvalue weighted by Gasteiger charge is 2.07. The Hall–Kier alpha value is -2.56. The summed E-state index contributed by atoms with van der Waals surface area (Å²) in [5, 5.41) is 10.5. The topological polar surface area (TPSA) is 102 Å². The second-order valence-corrected chi connectivity index (χ2v) is 3.55. The molecule has 0 aliphatic carbocycles. The monoisotopic (exact) mass is 229 g/mol. The molecule has 0 aliphatic heterocycles. The molecule has 0 saturated heterocycles. The van der Waals surface area contributed by atoms with Crippen molar-refractivity contribution in [3.63, 3.8) is 0 Å². The van der Waals surface area contributed by atoms with E-state index < -0.39 is 5.97 Å². The largest absolute Gasteiger partial charge is 0.478 e. The molecule has 0 spiro atoms. The third-order valence-corrected chi connectivity index (χ3v) is 2.35. The number of carboxylic acids is 1. The zero-order valence-electron chi connectivity index (χ0n) is 8.92. The Labute approximate surface area is 97.4 Å². The average molecular weight is 229 g/mol. The molecule has 5 N–H and O–H groups in total. The number of nitrogens with two attached hydrogens (primary N) is 2. The Kier molecular flexibility index (Phi) is 2.66. The van der Waals surface area contributed by atoms with Gasteiger partial charge >= 0.3 is 5.97 Å². The minimum Gasteiger partial charge on any atom is -0.478 e. The summed E-state index contributed by atoms with van der Waals surface area (Å²) in [6.07, 6.45) is 0. The number of aromatic carboxylic acids is 1. The van der Waals surface area contributed by atoms with E-state index >= 15 is 0 Å². The van der Waals surface area contributed by atoms with Crippen LogP contribution in [-0.2, 0) is 0 Å². The van der Waals surface area contributed by atoms with Crippen molar-refractivity contribution < 1.29 is 9.90 Å². The first-order chi connectivity index (χ1) is 8.08. The summed E-state index contributed by atoms with van der Waals surface area (Å²) in [6.45, 7) is 0. The number of carbonyl (C=O) groups is 1. The fourth-order valence-corrected chi connectivity index (χ4v) is 1.68. The second kappa shape index (κ2) is 4.13. The van der Waals surface area contributed by atoms with Crippen molar-refractivity contribution in [2.24, 2.45) is 16.5 Å². The summed E-state index contributed by atoms with van der Waals surface area (Å²) in [5.74, 6) is -0.982. The highest BCUT2D eigenvalue weighted by atomic mass is 16.4. The van der Waals surface area contributed by atoms with Gasteiger partial charge in [0, 0.05) is 0 Å². The van der Waals surface area contributed by atoms with E-state index in [0.29, 0.717) is 11.1 Å². The quantitative estimate of drug-likeness (QED) is 0.535. The number of aliphatic imine (C=N–C) groups is 1. The summed E-state index contributed by atoms with van der Waals surface area (Å²) in [4.78, 5) is 14.9. The third-order valence-electron chi connectivity index (χ3n) is 2.35. The van der Waals surface area contributed by atoms with Gasteiger partial charge in [0.25, 0.3) is 0 Å². The number of hydrogen-bond donors (Lipinski definition) is 3. The molecular weight excluding hydrogens is 218 g/mol. The van der Waals surface area contributed by atoms with Gasteiger partial charge in [0.05, 0.1) is 11.3 Å². The predicted molar refractivity (Wildman–Crippen MR) is 66.4 cm³/mol. The van der Waals surface area contributed by atoms with Crippen molar-refractivity contribution in [2.45, 2.75) is 0 Å². The van der Waals surface area contributed by atoms with Crippen molar-refractivity contribution >= 4 is 28.4 Å². The Morgan fingerprint density at radius 3 is 2.59 bits per heavy atom. The van der Waals surface area contributed by atoms with E-state index in [1.54, 1.807) is 30.3 Å². The first-order valence-electron chi connectivity index (χ1n) is 4.93. The van der Waals surface area contributed by atoms with Crippen LogP contribution >= 0.6 is 0 Å². The molecular formula is C12H11N3O2. The Morgan fingerprint density at radius 2 is 1.94 bits per heavy atom. The predicted octanol–water partition coefficient (Wildman–Crippen LogP) is 1.44. The standard InChI is InChI=1S/C12H11N3O2/c13-12(14)15-8-4-5-9-7(6-8)2-1-3-10(9)11(16)17/h1-6H,(H,16,17)(H4,13,14,15). The average Bonchev–Trinajstić information content (AvgIpc) is 2.26. The first kappa shape index (κ1) is 10.9. The Morgan fingerprint density at radius 1 is 1.18 bits per heavy atom. The molecule has 5 nitrogen and oxygen atoms in total. The summed E-state index contributed by atoms with van der Waals surface area (Å²) < 4.78 is 0. The molecule has 2 aromatic rings. The normalized spacial score (nSPS) is 10.1. The first-order valence-corrected chi connectivity index (χ1v) is 4.93. The van der Waals surface area contributed by atoms with E-state index in [-0.39, 0.29) is 11.5 Å². The van der Waals surface area contributed by atoms with Crippen LogP contribution in [0.25, 0.3) is 10.8 Å². The molecule has 0 amide bonds. The van der Waals surface area contributed by atoms with E-state index in [2.05, 4.69) is 4.99 Å². The zero-order valence-corrected chi connectivity index (χ0v) is 8.92. The van der Waals surface area contributed by atoms with E-state index in [4.69, 9.17) is 16.6 Å². The lowest BCUT2D eigenvalue weighted by Crippen LogP contribution is -2.21. The molecule has 0 radical (unpaired) electrons. The van der Waals surface area contributed by atoms with Crippen molar-refractivity contribution in [1.29, 1.82) is 0 Å². The molecule has 0 aliphatic rings. The molecule has 0 unspecified atom stereocenters. The van der Waals surface area contributed by atoms with Crippen LogP contribution < -0.4 is 11.5 Å². The summed E-state index contributed by atoms with van der Waals surface area (Å²) in [6, 6.07) is 10.2. The molecule has 0 atom stereocenters. The number of rotatable bonds is 2. The van der Waals surface area contributed by atoms with Crippen LogP contribution in [0.1, 0.15) is 10.4 Å². The summed E-state index contributed by atoms with van der Waals surface area (Å²) >= 11 is 0. The van der Waals surface area contributed by atoms with Gasteiger partial charge in [0.1, 0.15) is 0 Å². The lowest BCUT2D eigenvalue weighted by molar-refractivity contribution is 0.0699. The molecule has 2 rings (SSSR count). The highest BCUT2D eigenvalue weighted by molar-refractivity contribution is 6.04. The van der Waals surface area contributed by atoms with Crippen LogP contribution in [0.3, 0.4) is 0 Å².